The van der Waals surface area contributed by atoms with Gasteiger partial charge in [0, 0.05) is 5.92 Å². The average molecular weight is 279 g/mol. The molecule has 0 amide bonds. The summed E-state index contributed by atoms with van der Waals surface area (Å²) in [5, 5.41) is 0. The summed E-state index contributed by atoms with van der Waals surface area (Å²) in [4.78, 5) is 0. The molecule has 0 aliphatic rings. The lowest BCUT2D eigenvalue weighted by atomic mass is 9.76. The van der Waals surface area contributed by atoms with Gasteiger partial charge in [-0.15, -0.1) is 0 Å². The molecule has 0 N–H and O–H groups in total. The van der Waals surface area contributed by atoms with E-state index in [2.05, 4.69) is 68.0 Å². The van der Waals surface area contributed by atoms with Gasteiger partial charge in [-0.1, -0.05) is 78.7 Å². The third-order valence-electron chi connectivity index (χ3n) is 4.87. The van der Waals surface area contributed by atoms with Gasteiger partial charge in [-0.2, -0.15) is 0 Å². The molecule has 0 aromatic carbocycles. The van der Waals surface area contributed by atoms with Crippen LogP contribution in [-0.4, -0.2) is 0 Å². The highest BCUT2D eigenvalue weighted by Crippen LogP contribution is 2.34. The third-order valence-corrected chi connectivity index (χ3v) is 4.87. The summed E-state index contributed by atoms with van der Waals surface area (Å²) in [6.07, 6.45) is 6.17. The minimum Gasteiger partial charge on any atom is -0.0990 e. The van der Waals surface area contributed by atoms with Gasteiger partial charge in [-0.05, 0) is 43.4 Å². The molecule has 118 valence electrons. The third kappa shape index (κ3) is 6.77. The fourth-order valence-electron chi connectivity index (χ4n) is 2.60. The highest BCUT2D eigenvalue weighted by atomic mass is 14.3. The van der Waals surface area contributed by atoms with Crippen LogP contribution in [0.15, 0.2) is 23.8 Å². The molecule has 0 aliphatic carbocycles. The van der Waals surface area contributed by atoms with Crippen LogP contribution in [0.5, 0.6) is 0 Å². The molecule has 0 saturated carbocycles. The minimum absolute atomic E-state index is 0.567. The van der Waals surface area contributed by atoms with Gasteiger partial charge < -0.3 is 0 Å². The van der Waals surface area contributed by atoms with Crippen molar-refractivity contribution >= 4 is 0 Å². The van der Waals surface area contributed by atoms with Gasteiger partial charge in [-0.3, -0.25) is 0 Å². The van der Waals surface area contributed by atoms with Gasteiger partial charge in [0.05, 0.1) is 0 Å². The molecule has 0 nitrogen and oxygen atoms in total. The lowest BCUT2D eigenvalue weighted by molar-refractivity contribution is 0.323. The number of rotatable bonds is 9. The molecule has 0 rings (SSSR count). The molecule has 0 heteroatoms. The van der Waals surface area contributed by atoms with Crippen LogP contribution in [-0.2, 0) is 0 Å². The van der Waals surface area contributed by atoms with E-state index in [1.54, 1.807) is 0 Å². The Bertz CT molecular complexity index is 306. The molecule has 0 fully saturated rings. The van der Waals surface area contributed by atoms with Crippen LogP contribution in [0.25, 0.3) is 0 Å². The summed E-state index contributed by atoms with van der Waals surface area (Å²) in [5.41, 5.74) is 2.95. The smallest absolute Gasteiger partial charge is 0.000665 e. The van der Waals surface area contributed by atoms with Gasteiger partial charge in [-0.25, -0.2) is 0 Å². The van der Waals surface area contributed by atoms with Crippen LogP contribution >= 0.6 is 0 Å². The van der Waals surface area contributed by atoms with Crippen molar-refractivity contribution in [1.29, 1.82) is 0 Å². The van der Waals surface area contributed by atoms with Crippen molar-refractivity contribution in [2.75, 3.05) is 0 Å². The number of hydrogen-bond donors (Lipinski definition) is 0. The summed E-state index contributed by atoms with van der Waals surface area (Å²) < 4.78 is 0. The average Bonchev–Trinajstić information content (AvgIpc) is 2.39. The Balaban J connectivity index is 4.99. The second-order valence-electron chi connectivity index (χ2n) is 7.46. The van der Waals surface area contributed by atoms with Crippen LogP contribution in [0.3, 0.4) is 0 Å². The first-order valence-corrected chi connectivity index (χ1v) is 8.55. The van der Waals surface area contributed by atoms with E-state index in [0.717, 1.165) is 17.8 Å². The van der Waals surface area contributed by atoms with E-state index in [1.807, 2.05) is 0 Å². The van der Waals surface area contributed by atoms with Crippen molar-refractivity contribution in [1.82, 2.24) is 0 Å². The second kappa shape index (κ2) is 9.42. The lowest BCUT2D eigenvalue weighted by Gasteiger charge is -2.29. The summed E-state index contributed by atoms with van der Waals surface area (Å²) in [7, 11) is 0. The molecular formula is C20H38. The van der Waals surface area contributed by atoms with Crippen molar-refractivity contribution < 1.29 is 0 Å². The minimum atomic E-state index is 0.567. The molecule has 0 aliphatic heterocycles. The molecule has 20 heavy (non-hydrogen) atoms. The fraction of sp³-hybridized carbons (Fsp3) is 0.800. The maximum atomic E-state index is 4.40. The zero-order chi connectivity index (χ0) is 15.9. The summed E-state index contributed by atoms with van der Waals surface area (Å²) >= 11 is 0. The summed E-state index contributed by atoms with van der Waals surface area (Å²) in [6, 6.07) is 0. The molecule has 0 aromatic rings. The van der Waals surface area contributed by atoms with E-state index in [-0.39, 0.29) is 0 Å². The van der Waals surface area contributed by atoms with Gasteiger partial charge in [0.25, 0.3) is 0 Å². The topological polar surface area (TPSA) is 0 Å². The monoisotopic (exact) mass is 278 g/mol. The molecule has 0 bridgehead atoms. The van der Waals surface area contributed by atoms with Crippen LogP contribution < -0.4 is 0 Å². The van der Waals surface area contributed by atoms with E-state index in [0.29, 0.717) is 11.8 Å². The number of allylic oxidation sites excluding steroid dienone is 3. The SMILES string of the molecule is C=C(C(C)C)C(CC(C)C(C)CC)C(C)=CCC(C)C. The van der Waals surface area contributed by atoms with Gasteiger partial charge in [0.1, 0.15) is 0 Å². The van der Waals surface area contributed by atoms with Crippen molar-refractivity contribution in [2.24, 2.45) is 29.6 Å². The Morgan fingerprint density at radius 1 is 1.00 bits per heavy atom. The van der Waals surface area contributed by atoms with Crippen LogP contribution in [0.2, 0.25) is 0 Å². The predicted molar refractivity (Wildman–Crippen MR) is 93.9 cm³/mol. The fourth-order valence-corrected chi connectivity index (χ4v) is 2.60. The van der Waals surface area contributed by atoms with E-state index >= 15 is 0 Å². The van der Waals surface area contributed by atoms with Crippen LogP contribution in [0.1, 0.15) is 74.7 Å². The first kappa shape index (κ1) is 19.5. The number of hydrogen-bond acceptors (Lipinski definition) is 0. The molecule has 0 spiro atoms. The lowest BCUT2D eigenvalue weighted by Crippen LogP contribution is -2.17. The van der Waals surface area contributed by atoms with Crippen molar-refractivity contribution in [3.8, 4) is 0 Å². The summed E-state index contributed by atoms with van der Waals surface area (Å²) in [5.74, 6) is 3.45. The Morgan fingerprint density at radius 2 is 1.55 bits per heavy atom. The molecule has 3 atom stereocenters. The molecule has 0 aromatic heterocycles. The predicted octanol–water partition coefficient (Wildman–Crippen LogP) is 6.88. The molecule has 0 radical (unpaired) electrons. The van der Waals surface area contributed by atoms with Crippen molar-refractivity contribution in [3.63, 3.8) is 0 Å². The molecule has 0 saturated heterocycles. The molecule has 0 heterocycles. The maximum absolute atomic E-state index is 4.40. The van der Waals surface area contributed by atoms with Gasteiger partial charge in [0.2, 0.25) is 0 Å². The molecular weight excluding hydrogens is 240 g/mol. The standard InChI is InChI=1S/C20H38/c1-10-16(6)18(8)13-20(19(9)15(4)5)17(7)12-11-14(2)3/h12,14-16,18,20H,9-11,13H2,1-8H3. The summed E-state index contributed by atoms with van der Waals surface area (Å²) in [6.45, 7) is 22.9. The van der Waals surface area contributed by atoms with E-state index < -0.39 is 0 Å². The largest absolute Gasteiger partial charge is 0.0990 e. The first-order chi connectivity index (χ1) is 9.20. The molecule has 3 unspecified atom stereocenters. The highest BCUT2D eigenvalue weighted by molar-refractivity contribution is 5.19. The van der Waals surface area contributed by atoms with Crippen LogP contribution in [0, 0.1) is 29.6 Å². The van der Waals surface area contributed by atoms with E-state index in [9.17, 15) is 0 Å². The Labute approximate surface area is 128 Å². The normalized spacial score (nSPS) is 17.4. The quantitative estimate of drug-likeness (QED) is 0.403. The Hall–Kier alpha value is -0.520. The van der Waals surface area contributed by atoms with E-state index in [4.69, 9.17) is 0 Å². The van der Waals surface area contributed by atoms with E-state index in [1.165, 1.54) is 30.4 Å². The van der Waals surface area contributed by atoms with Crippen molar-refractivity contribution in [2.45, 2.75) is 74.7 Å². The zero-order valence-electron chi connectivity index (χ0n) is 15.3. The van der Waals surface area contributed by atoms with Gasteiger partial charge >= 0.3 is 0 Å². The van der Waals surface area contributed by atoms with Crippen LogP contribution in [0.4, 0.5) is 0 Å². The maximum Gasteiger partial charge on any atom is 0.000665 e. The first-order valence-electron chi connectivity index (χ1n) is 8.55. The second-order valence-corrected chi connectivity index (χ2v) is 7.46. The van der Waals surface area contributed by atoms with Crippen molar-refractivity contribution in [3.05, 3.63) is 23.8 Å². The Morgan fingerprint density at radius 3 is 1.95 bits per heavy atom. The Kier molecular flexibility index (Phi) is 9.18. The van der Waals surface area contributed by atoms with Gasteiger partial charge in [0.15, 0.2) is 0 Å². The zero-order valence-corrected chi connectivity index (χ0v) is 15.3. The highest BCUT2D eigenvalue weighted by Gasteiger charge is 2.22.